The fourth-order valence-electron chi connectivity index (χ4n) is 7.01. The Morgan fingerprint density at radius 3 is 1.37 bits per heavy atom. The van der Waals surface area contributed by atoms with E-state index in [1.54, 1.807) is 0 Å². The van der Waals surface area contributed by atoms with Crippen LogP contribution in [0.4, 0.5) is 0 Å². The SMILES string of the molecule is CCCCCCCC/C=C\CCCCCCCC(=O)OC(COCCN1CCCC1)C(OC(=O)CCCCCCC/C=C\CCCCCCCC)C(N)=O. The van der Waals surface area contributed by atoms with Crippen LogP contribution < -0.4 is 5.73 Å². The van der Waals surface area contributed by atoms with Gasteiger partial charge < -0.3 is 24.8 Å². The first-order valence-electron chi connectivity index (χ1n) is 22.8. The zero-order valence-corrected chi connectivity index (χ0v) is 35.2. The Balaban J connectivity index is 2.34. The average molecular weight is 761 g/mol. The topological polar surface area (TPSA) is 108 Å². The van der Waals surface area contributed by atoms with Crippen LogP contribution in [0.1, 0.15) is 206 Å². The predicted octanol–water partition coefficient (Wildman–Crippen LogP) is 11.5. The molecule has 0 aromatic rings. The number of esters is 2. The number of ether oxygens (including phenoxy) is 3. The molecule has 314 valence electrons. The molecule has 2 N–H and O–H groups in total. The minimum absolute atomic E-state index is 0.0414. The van der Waals surface area contributed by atoms with Gasteiger partial charge in [-0.05, 0) is 90.1 Å². The van der Waals surface area contributed by atoms with E-state index in [0.717, 1.165) is 83.8 Å². The second-order valence-electron chi connectivity index (χ2n) is 15.6. The second kappa shape index (κ2) is 37.7. The summed E-state index contributed by atoms with van der Waals surface area (Å²) in [4.78, 5) is 40.5. The lowest BCUT2D eigenvalue weighted by Crippen LogP contribution is -2.47. The summed E-state index contributed by atoms with van der Waals surface area (Å²) in [5.74, 6) is -1.73. The highest BCUT2D eigenvalue weighted by Gasteiger charge is 2.34. The van der Waals surface area contributed by atoms with Crippen molar-refractivity contribution in [1.82, 2.24) is 4.90 Å². The Hall–Kier alpha value is -2.19. The zero-order chi connectivity index (χ0) is 39.2. The van der Waals surface area contributed by atoms with Crippen LogP contribution in [0.15, 0.2) is 24.3 Å². The maximum absolute atomic E-state index is 12.9. The van der Waals surface area contributed by atoms with Crippen molar-refractivity contribution in [3.05, 3.63) is 24.3 Å². The molecule has 1 rings (SSSR count). The summed E-state index contributed by atoms with van der Waals surface area (Å²) < 4.78 is 17.2. The number of amides is 1. The highest BCUT2D eigenvalue weighted by Crippen LogP contribution is 2.15. The highest BCUT2D eigenvalue weighted by atomic mass is 16.6. The van der Waals surface area contributed by atoms with Crippen LogP contribution in [0.2, 0.25) is 0 Å². The number of rotatable bonds is 39. The molecule has 1 fully saturated rings. The van der Waals surface area contributed by atoms with Gasteiger partial charge in [-0.2, -0.15) is 0 Å². The molecule has 0 bridgehead atoms. The number of carbonyl (C=O) groups excluding carboxylic acids is 3. The minimum Gasteiger partial charge on any atom is -0.455 e. The molecule has 2 unspecified atom stereocenters. The van der Waals surface area contributed by atoms with Gasteiger partial charge in [-0.1, -0.05) is 141 Å². The van der Waals surface area contributed by atoms with Crippen molar-refractivity contribution in [2.45, 2.75) is 219 Å². The summed E-state index contributed by atoms with van der Waals surface area (Å²) in [6.45, 7) is 7.78. The summed E-state index contributed by atoms with van der Waals surface area (Å²) >= 11 is 0. The third-order valence-corrected chi connectivity index (χ3v) is 10.5. The van der Waals surface area contributed by atoms with Gasteiger partial charge in [0.15, 0.2) is 6.10 Å². The van der Waals surface area contributed by atoms with Crippen LogP contribution in [0.25, 0.3) is 0 Å². The smallest absolute Gasteiger partial charge is 0.306 e. The van der Waals surface area contributed by atoms with E-state index in [0.29, 0.717) is 19.4 Å². The average Bonchev–Trinajstić information content (AvgIpc) is 3.68. The van der Waals surface area contributed by atoms with Crippen molar-refractivity contribution in [3.63, 3.8) is 0 Å². The van der Waals surface area contributed by atoms with Crippen molar-refractivity contribution >= 4 is 17.8 Å². The Kier molecular flexibility index (Phi) is 34.8. The molecule has 1 saturated heterocycles. The molecule has 2 atom stereocenters. The predicted molar refractivity (Wildman–Crippen MR) is 224 cm³/mol. The third-order valence-electron chi connectivity index (χ3n) is 10.5. The van der Waals surface area contributed by atoms with Gasteiger partial charge in [-0.15, -0.1) is 0 Å². The lowest BCUT2D eigenvalue weighted by Gasteiger charge is -2.25. The Labute approximate surface area is 332 Å². The summed E-state index contributed by atoms with van der Waals surface area (Å²) in [6.07, 6.45) is 40.3. The van der Waals surface area contributed by atoms with Crippen molar-refractivity contribution in [2.24, 2.45) is 5.73 Å². The van der Waals surface area contributed by atoms with Crippen molar-refractivity contribution in [2.75, 3.05) is 32.8 Å². The molecule has 1 amide bonds. The normalized spacial score (nSPS) is 14.6. The molecule has 1 aliphatic heterocycles. The van der Waals surface area contributed by atoms with Gasteiger partial charge in [-0.3, -0.25) is 14.4 Å². The van der Waals surface area contributed by atoms with Gasteiger partial charge >= 0.3 is 11.9 Å². The molecule has 1 heterocycles. The Morgan fingerprint density at radius 2 is 0.944 bits per heavy atom. The maximum atomic E-state index is 12.9. The number of likely N-dealkylation sites (tertiary alicyclic amines) is 1. The zero-order valence-electron chi connectivity index (χ0n) is 35.2. The molecular formula is C46H84N2O6. The van der Waals surface area contributed by atoms with Crippen LogP contribution in [-0.4, -0.2) is 67.8 Å². The largest absolute Gasteiger partial charge is 0.455 e. The van der Waals surface area contributed by atoms with Gasteiger partial charge in [0.1, 0.15) is 0 Å². The monoisotopic (exact) mass is 761 g/mol. The van der Waals surface area contributed by atoms with Crippen molar-refractivity contribution in [1.29, 1.82) is 0 Å². The molecule has 0 saturated carbocycles. The summed E-state index contributed by atoms with van der Waals surface area (Å²) in [6, 6.07) is 0. The van der Waals surface area contributed by atoms with Crippen LogP contribution in [-0.2, 0) is 28.6 Å². The molecule has 1 aliphatic rings. The highest BCUT2D eigenvalue weighted by molar-refractivity contribution is 5.83. The van der Waals surface area contributed by atoms with Crippen molar-refractivity contribution < 1.29 is 28.6 Å². The van der Waals surface area contributed by atoms with Gasteiger partial charge in [0.2, 0.25) is 6.10 Å². The van der Waals surface area contributed by atoms with Crippen LogP contribution >= 0.6 is 0 Å². The Morgan fingerprint density at radius 1 is 0.556 bits per heavy atom. The van der Waals surface area contributed by atoms with Gasteiger partial charge in [0, 0.05) is 19.4 Å². The quantitative estimate of drug-likeness (QED) is 0.0377. The number of nitrogens with zero attached hydrogens (tertiary/aromatic N) is 1. The van der Waals surface area contributed by atoms with E-state index in [1.165, 1.54) is 103 Å². The second-order valence-corrected chi connectivity index (χ2v) is 15.6. The molecule has 54 heavy (non-hydrogen) atoms. The van der Waals surface area contributed by atoms with Gasteiger partial charge in [-0.25, -0.2) is 0 Å². The van der Waals surface area contributed by atoms with Crippen LogP contribution in [0, 0.1) is 0 Å². The van der Waals surface area contributed by atoms with E-state index in [4.69, 9.17) is 19.9 Å². The lowest BCUT2D eigenvalue weighted by atomic mass is 10.1. The molecule has 8 heteroatoms. The first-order chi connectivity index (χ1) is 26.5. The van der Waals surface area contributed by atoms with E-state index in [-0.39, 0.29) is 19.4 Å². The molecule has 8 nitrogen and oxygen atoms in total. The summed E-state index contributed by atoms with van der Waals surface area (Å²) in [7, 11) is 0. The first-order valence-corrected chi connectivity index (χ1v) is 22.8. The number of hydrogen-bond donors (Lipinski definition) is 1. The van der Waals surface area contributed by atoms with E-state index in [2.05, 4.69) is 43.1 Å². The summed E-state index contributed by atoms with van der Waals surface area (Å²) in [5, 5.41) is 0. The molecule has 0 aliphatic carbocycles. The molecule has 0 aromatic heterocycles. The fraction of sp³-hybridized carbons (Fsp3) is 0.848. The molecular weight excluding hydrogens is 677 g/mol. The Bertz CT molecular complexity index is 947. The number of nitrogens with two attached hydrogens (primary N) is 1. The molecule has 0 spiro atoms. The lowest BCUT2D eigenvalue weighted by molar-refractivity contribution is -0.176. The van der Waals surface area contributed by atoms with Crippen LogP contribution in [0.5, 0.6) is 0 Å². The number of allylic oxidation sites excluding steroid dienone is 4. The van der Waals surface area contributed by atoms with Gasteiger partial charge in [0.25, 0.3) is 5.91 Å². The molecule has 0 radical (unpaired) electrons. The number of primary amides is 1. The van der Waals surface area contributed by atoms with E-state index < -0.39 is 30.1 Å². The standard InChI is InChI=1S/C46H84N2O6/c1-3-5-7-9-11-13-15-17-19-21-23-25-27-29-31-35-43(49)53-42(41-52-40-39-48-37-33-34-38-48)45(46(47)51)54-44(50)36-32-30-28-26-24-22-20-18-16-14-12-10-8-6-4-2/h17-20,42,45H,3-16,21-41H2,1-2H3,(H2,47,51)/b19-17-,20-18-. The van der Waals surface area contributed by atoms with E-state index in [1.807, 2.05) is 0 Å². The number of unbranched alkanes of at least 4 members (excludes halogenated alkanes) is 22. The fourth-order valence-corrected chi connectivity index (χ4v) is 7.01. The number of carbonyl (C=O) groups is 3. The van der Waals surface area contributed by atoms with E-state index in [9.17, 15) is 14.4 Å². The third kappa shape index (κ3) is 31.1. The first kappa shape index (κ1) is 49.8. The minimum atomic E-state index is -1.37. The molecule has 0 aromatic carbocycles. The van der Waals surface area contributed by atoms with Crippen LogP contribution in [0.3, 0.4) is 0 Å². The number of hydrogen-bond acceptors (Lipinski definition) is 7. The van der Waals surface area contributed by atoms with Gasteiger partial charge in [0.05, 0.1) is 13.2 Å². The van der Waals surface area contributed by atoms with E-state index >= 15 is 0 Å². The summed E-state index contributed by atoms with van der Waals surface area (Å²) in [5.41, 5.74) is 5.71. The maximum Gasteiger partial charge on any atom is 0.306 e. The van der Waals surface area contributed by atoms with Crippen molar-refractivity contribution in [3.8, 4) is 0 Å².